The maximum atomic E-state index is 13.8. The molecule has 0 radical (unpaired) electrons. The molecule has 0 aliphatic carbocycles. The number of aromatic nitrogens is 2. The van der Waals surface area contributed by atoms with Gasteiger partial charge in [-0.05, 0) is 37.9 Å². The van der Waals surface area contributed by atoms with E-state index in [2.05, 4.69) is 49.2 Å². The summed E-state index contributed by atoms with van der Waals surface area (Å²) < 4.78 is 46.7. The van der Waals surface area contributed by atoms with E-state index in [0.717, 1.165) is 13.0 Å². The summed E-state index contributed by atoms with van der Waals surface area (Å²) >= 11 is 0. The van der Waals surface area contributed by atoms with Crippen LogP contribution in [0, 0.1) is 0 Å². The number of hydrogen-bond acceptors (Lipinski definition) is 8. The molecule has 0 atom stereocenters. The first-order valence-electron chi connectivity index (χ1n) is 12.9. The summed E-state index contributed by atoms with van der Waals surface area (Å²) in [6.07, 6.45) is -2.27. The number of carbonyl (C=O) groups is 2. The van der Waals surface area contributed by atoms with Crippen molar-refractivity contribution in [2.45, 2.75) is 13.1 Å². The van der Waals surface area contributed by atoms with Crippen molar-refractivity contribution in [1.29, 1.82) is 0 Å². The first-order valence-corrected chi connectivity index (χ1v) is 12.9. The Balaban J connectivity index is 1.85. The number of aliphatic imine (C=N–C) groups is 2. The molecule has 3 amide bonds. The molecule has 0 unspecified atom stereocenters. The summed E-state index contributed by atoms with van der Waals surface area (Å²) in [5, 5.41) is 7.94. The Morgan fingerprint density at radius 3 is 2.33 bits per heavy atom. The fourth-order valence-electron chi connectivity index (χ4n) is 3.81. The van der Waals surface area contributed by atoms with Gasteiger partial charge in [-0.15, -0.1) is 0 Å². The number of amides is 3. The molecule has 1 aliphatic rings. The molecule has 0 spiro atoms. The largest absolute Gasteiger partial charge is 0.479 e. The van der Waals surface area contributed by atoms with Crippen LogP contribution in [0.25, 0.3) is 0 Å². The molecule has 3 N–H and O–H groups in total. The maximum absolute atomic E-state index is 13.8. The number of benzene rings is 1. The van der Waals surface area contributed by atoms with E-state index in [9.17, 15) is 22.8 Å². The van der Waals surface area contributed by atoms with Crippen molar-refractivity contribution in [2.75, 3.05) is 68.2 Å². The molecule has 43 heavy (non-hydrogen) atoms. The van der Waals surface area contributed by atoms with Crippen molar-refractivity contribution < 1.29 is 27.5 Å². The minimum atomic E-state index is -4.73. The Morgan fingerprint density at radius 1 is 1.12 bits per heavy atom. The summed E-state index contributed by atoms with van der Waals surface area (Å²) in [5.41, 5.74) is -0.320. The minimum Gasteiger partial charge on any atom is -0.479 e. The van der Waals surface area contributed by atoms with Crippen molar-refractivity contribution in [2.24, 2.45) is 9.98 Å². The summed E-state index contributed by atoms with van der Waals surface area (Å²) in [4.78, 5) is 45.5. The molecule has 230 valence electrons. The van der Waals surface area contributed by atoms with Gasteiger partial charge in [0.15, 0.2) is 0 Å². The number of ether oxygens (including phenoxy) is 1. The lowest BCUT2D eigenvalue weighted by atomic mass is 10.2. The van der Waals surface area contributed by atoms with E-state index in [4.69, 9.17) is 4.74 Å². The molecule has 1 aromatic heterocycles. The number of rotatable bonds is 8. The zero-order valence-electron chi connectivity index (χ0n) is 24.2. The van der Waals surface area contributed by atoms with Crippen LogP contribution in [0.3, 0.4) is 0 Å². The van der Waals surface area contributed by atoms with Crippen molar-refractivity contribution in [3.8, 4) is 5.88 Å². The fourth-order valence-corrected chi connectivity index (χ4v) is 3.81. The Hall–Kier alpha value is -5.15. The highest BCUT2D eigenvalue weighted by Crippen LogP contribution is 2.30. The van der Waals surface area contributed by atoms with E-state index in [-0.39, 0.29) is 29.2 Å². The number of halogens is 3. The van der Waals surface area contributed by atoms with E-state index >= 15 is 0 Å². The average molecular weight is 603 g/mol. The number of urea groups is 1. The average Bonchev–Trinajstić information content (AvgIpc) is 2.99. The van der Waals surface area contributed by atoms with E-state index < -0.39 is 23.5 Å². The molecule has 1 aliphatic heterocycles. The van der Waals surface area contributed by atoms with Crippen LogP contribution >= 0.6 is 0 Å². The second-order valence-electron chi connectivity index (χ2n) is 9.33. The van der Waals surface area contributed by atoms with Gasteiger partial charge in [0.25, 0.3) is 0 Å². The number of nitrogens with zero attached hydrogens (tertiary/aromatic N) is 7. The van der Waals surface area contributed by atoms with Gasteiger partial charge in [0, 0.05) is 51.6 Å². The Kier molecular flexibility index (Phi) is 10.7. The molecule has 3 rings (SSSR count). The van der Waals surface area contributed by atoms with E-state index in [0.29, 0.717) is 37.8 Å². The van der Waals surface area contributed by atoms with Gasteiger partial charge in [-0.2, -0.15) is 23.1 Å². The van der Waals surface area contributed by atoms with Crippen LogP contribution in [-0.2, 0) is 4.79 Å². The molecule has 13 nitrogen and oxygen atoms in total. The molecule has 0 saturated carbocycles. The van der Waals surface area contributed by atoms with Gasteiger partial charge in [0.05, 0.1) is 18.9 Å². The van der Waals surface area contributed by atoms with Crippen LogP contribution in [0.4, 0.5) is 41.0 Å². The highest BCUT2D eigenvalue weighted by Gasteiger charge is 2.33. The third-order valence-corrected chi connectivity index (χ3v) is 6.12. The normalized spacial score (nSPS) is 14.3. The van der Waals surface area contributed by atoms with Gasteiger partial charge >= 0.3 is 12.2 Å². The summed E-state index contributed by atoms with van der Waals surface area (Å²) in [6, 6.07) is 5.95. The highest BCUT2D eigenvalue weighted by atomic mass is 19.4. The second kappa shape index (κ2) is 14.2. The van der Waals surface area contributed by atoms with E-state index in [1.54, 1.807) is 31.1 Å². The van der Waals surface area contributed by atoms with Crippen LogP contribution in [-0.4, -0.2) is 97.9 Å². The standard InChI is InChI=1S/C27H33F3N10O3/c1-7-21(41)33-18-9-8-10-19(15-18)34-22(17(2)27(28,29)30)36-24(31-3)35-20-16-32-25(37-23(20)43-6)39-11-13-40(14-12-39)26(42)38(4)5/h7-10,15-16,34H,1,3,11-14H2,2,4-6H3,(H,33,41)(H,35,36)/b22-17+. The molecule has 0 bridgehead atoms. The van der Waals surface area contributed by atoms with Gasteiger partial charge in [0.1, 0.15) is 11.5 Å². The minimum absolute atomic E-state index is 0.0859. The summed E-state index contributed by atoms with van der Waals surface area (Å²) in [6.45, 7) is 9.59. The maximum Gasteiger partial charge on any atom is 0.415 e. The van der Waals surface area contributed by atoms with Crippen molar-refractivity contribution in [1.82, 2.24) is 19.8 Å². The van der Waals surface area contributed by atoms with E-state index in [1.807, 2.05) is 4.90 Å². The number of hydrogen-bond donors (Lipinski definition) is 3. The number of methoxy groups -OCH3 is 1. The van der Waals surface area contributed by atoms with Crippen molar-refractivity contribution in [3.63, 3.8) is 0 Å². The van der Waals surface area contributed by atoms with Gasteiger partial charge in [-0.3, -0.25) is 4.79 Å². The predicted molar refractivity (Wildman–Crippen MR) is 160 cm³/mol. The number of nitrogens with one attached hydrogen (secondary N) is 3. The first-order chi connectivity index (χ1) is 20.4. The topological polar surface area (TPSA) is 140 Å². The molecule has 2 aromatic rings. The number of carbonyl (C=O) groups excluding carboxylic acids is 2. The zero-order chi connectivity index (χ0) is 31.7. The van der Waals surface area contributed by atoms with Crippen molar-refractivity contribution >= 4 is 47.6 Å². The SMILES string of the molecule is C=CC(=O)Nc1cccc(N/C(N=C(N=C)Nc2cnc(N3CCN(C(=O)N(C)C)CC3)nc2OC)=C(/C)C(F)(F)F)c1. The number of anilines is 4. The predicted octanol–water partition coefficient (Wildman–Crippen LogP) is 3.79. The Morgan fingerprint density at radius 2 is 1.77 bits per heavy atom. The number of allylic oxidation sites excluding steroid dienone is 1. The van der Waals surface area contributed by atoms with Crippen LogP contribution < -0.4 is 25.6 Å². The fraction of sp³-hybridized carbons (Fsp3) is 0.333. The van der Waals surface area contributed by atoms with Gasteiger partial charge in [0.2, 0.25) is 23.7 Å². The monoisotopic (exact) mass is 602 g/mol. The van der Waals surface area contributed by atoms with Crippen LogP contribution in [0.1, 0.15) is 6.92 Å². The smallest absolute Gasteiger partial charge is 0.415 e. The Bertz CT molecular complexity index is 1420. The van der Waals surface area contributed by atoms with Crippen molar-refractivity contribution in [3.05, 3.63) is 54.5 Å². The van der Waals surface area contributed by atoms with Gasteiger partial charge in [-0.25, -0.2) is 14.8 Å². The molecule has 1 aromatic carbocycles. The molecular weight excluding hydrogens is 569 g/mol. The first kappa shape index (κ1) is 32.4. The molecule has 2 heterocycles. The lowest BCUT2D eigenvalue weighted by Crippen LogP contribution is -2.51. The molecule has 1 fully saturated rings. The lowest BCUT2D eigenvalue weighted by molar-refractivity contribution is -0.111. The Labute approximate surface area is 246 Å². The van der Waals surface area contributed by atoms with Crippen LogP contribution in [0.2, 0.25) is 0 Å². The second-order valence-corrected chi connectivity index (χ2v) is 9.33. The lowest BCUT2D eigenvalue weighted by Gasteiger charge is -2.36. The van der Waals surface area contributed by atoms with Crippen LogP contribution in [0.5, 0.6) is 5.88 Å². The summed E-state index contributed by atoms with van der Waals surface area (Å²) in [7, 11) is 4.75. The van der Waals surface area contributed by atoms with Gasteiger partial charge in [-0.1, -0.05) is 12.6 Å². The highest BCUT2D eigenvalue weighted by molar-refractivity contribution is 5.99. The number of guanidine groups is 1. The number of piperazine rings is 1. The molecular formula is C27H33F3N10O3. The molecule has 16 heteroatoms. The zero-order valence-corrected chi connectivity index (χ0v) is 24.2. The quantitative estimate of drug-likeness (QED) is 0.236. The van der Waals surface area contributed by atoms with E-state index in [1.165, 1.54) is 30.3 Å². The summed E-state index contributed by atoms with van der Waals surface area (Å²) in [5.74, 6) is -0.916. The van der Waals surface area contributed by atoms with Crippen LogP contribution in [0.15, 0.2) is 64.5 Å². The van der Waals surface area contributed by atoms with Gasteiger partial charge < -0.3 is 35.4 Å². The third-order valence-electron chi connectivity index (χ3n) is 6.12. The molecule has 1 saturated heterocycles. The third kappa shape index (κ3) is 8.67. The number of alkyl halides is 3.